The van der Waals surface area contributed by atoms with Crippen LogP contribution in [0, 0.1) is 0 Å². The Labute approximate surface area is 52.2 Å². The first-order valence-electron chi connectivity index (χ1n) is 1.81. The average Bonchev–Trinajstić information content (AvgIpc) is 1.62. The number of hydrogen-bond donors (Lipinski definition) is 1. The van der Waals surface area contributed by atoms with Gasteiger partial charge in [-0.25, -0.2) is 9.52 Å². The minimum absolute atomic E-state index is 1.00. The zero-order valence-electron chi connectivity index (χ0n) is 4.54. The van der Waals surface area contributed by atoms with Gasteiger partial charge in [0.1, 0.15) is 0 Å². The van der Waals surface area contributed by atoms with E-state index in [1.54, 1.807) is 0 Å². The second-order valence-corrected chi connectivity index (χ2v) is 2.31. The molecule has 0 spiro atoms. The van der Waals surface area contributed by atoms with Crippen molar-refractivity contribution in [3.05, 3.63) is 0 Å². The summed E-state index contributed by atoms with van der Waals surface area (Å²) < 4.78 is 24.8. The van der Waals surface area contributed by atoms with E-state index in [0.717, 1.165) is 7.11 Å². The molecule has 1 amide bonds. The molecule has 0 aromatic heterocycles. The standard InChI is InChI=1S/C2H5N2O4S/c1-8-2(5)4-9(3,6)7/h3H,1H3,(H,4,5). The summed E-state index contributed by atoms with van der Waals surface area (Å²) >= 11 is 0. The Morgan fingerprint density at radius 2 is 2.11 bits per heavy atom. The monoisotopic (exact) mass is 153 g/mol. The van der Waals surface area contributed by atoms with Gasteiger partial charge >= 0.3 is 16.3 Å². The van der Waals surface area contributed by atoms with Crippen LogP contribution in [0.2, 0.25) is 0 Å². The summed E-state index contributed by atoms with van der Waals surface area (Å²) in [5.74, 6) is 0. The van der Waals surface area contributed by atoms with E-state index in [9.17, 15) is 13.2 Å². The highest BCUT2D eigenvalue weighted by molar-refractivity contribution is 7.87. The van der Waals surface area contributed by atoms with Crippen molar-refractivity contribution in [2.45, 2.75) is 0 Å². The number of hydrogen-bond acceptors (Lipinski definition) is 4. The molecule has 0 heterocycles. The molecule has 0 fully saturated rings. The van der Waals surface area contributed by atoms with Gasteiger partial charge in [-0.15, -0.1) is 5.14 Å². The molecule has 0 saturated heterocycles. The highest BCUT2D eigenvalue weighted by Gasteiger charge is 2.07. The van der Waals surface area contributed by atoms with E-state index >= 15 is 0 Å². The smallest absolute Gasteiger partial charge is 0.421 e. The van der Waals surface area contributed by atoms with Crippen molar-refractivity contribution >= 4 is 16.3 Å². The molecule has 53 valence electrons. The maximum absolute atomic E-state index is 9.99. The van der Waals surface area contributed by atoms with Crippen molar-refractivity contribution in [2.75, 3.05) is 7.11 Å². The molecular formula is C2H5N2O4S. The Bertz CT molecular complexity index is 195. The van der Waals surface area contributed by atoms with E-state index in [1.807, 2.05) is 0 Å². The lowest BCUT2D eigenvalue weighted by atomic mass is 11.2. The van der Waals surface area contributed by atoms with Crippen molar-refractivity contribution < 1.29 is 17.9 Å². The van der Waals surface area contributed by atoms with Crippen LogP contribution in [0.5, 0.6) is 0 Å². The second kappa shape index (κ2) is 2.65. The summed E-state index contributed by atoms with van der Waals surface area (Å²) in [4.78, 5) is 9.99. The first-order valence-corrected chi connectivity index (χ1v) is 3.29. The van der Waals surface area contributed by atoms with Crippen molar-refractivity contribution in [3.8, 4) is 0 Å². The molecule has 0 unspecified atom stereocenters. The molecule has 2 N–H and O–H groups in total. The minimum atomic E-state index is -4.21. The Morgan fingerprint density at radius 1 is 1.67 bits per heavy atom. The Kier molecular flexibility index (Phi) is 2.41. The number of rotatable bonds is 1. The SMILES string of the molecule is COC(=O)NS([NH])(=O)=O. The topological polar surface area (TPSA) is 96.3 Å². The summed E-state index contributed by atoms with van der Waals surface area (Å²) in [5, 5.41) is 6.13. The lowest BCUT2D eigenvalue weighted by molar-refractivity contribution is 0.177. The molecule has 0 aliphatic carbocycles. The van der Waals surface area contributed by atoms with Crippen LogP contribution in [0.15, 0.2) is 0 Å². The number of methoxy groups -OCH3 is 1. The molecule has 0 saturated carbocycles. The first-order chi connectivity index (χ1) is 3.95. The predicted molar refractivity (Wildman–Crippen MR) is 27.6 cm³/mol. The number of carbonyl (C=O) groups excluding carboxylic acids is 1. The lowest BCUT2D eigenvalue weighted by Crippen LogP contribution is -2.30. The van der Waals surface area contributed by atoms with Crippen molar-refractivity contribution in [2.24, 2.45) is 0 Å². The molecule has 1 radical (unpaired) electrons. The predicted octanol–water partition coefficient (Wildman–Crippen LogP) is -1.13. The number of nitrogens with one attached hydrogen (secondary N) is 2. The van der Waals surface area contributed by atoms with E-state index in [0.29, 0.717) is 0 Å². The average molecular weight is 153 g/mol. The van der Waals surface area contributed by atoms with Gasteiger partial charge in [0.25, 0.3) is 0 Å². The quantitative estimate of drug-likeness (QED) is 0.515. The van der Waals surface area contributed by atoms with Gasteiger partial charge in [-0.3, -0.25) is 0 Å². The van der Waals surface area contributed by atoms with Crippen LogP contribution >= 0.6 is 0 Å². The summed E-state index contributed by atoms with van der Waals surface area (Å²) in [6.45, 7) is 0. The lowest BCUT2D eigenvalue weighted by Gasteiger charge is -1.96. The maximum atomic E-state index is 9.99. The molecule has 0 rings (SSSR count). The Morgan fingerprint density at radius 3 is 2.22 bits per heavy atom. The summed E-state index contributed by atoms with van der Waals surface area (Å²) in [5.41, 5.74) is 0. The van der Waals surface area contributed by atoms with E-state index < -0.39 is 16.3 Å². The maximum Gasteiger partial charge on any atom is 0.421 e. The third kappa shape index (κ3) is 5.04. The van der Waals surface area contributed by atoms with Gasteiger partial charge in [0.15, 0.2) is 0 Å². The second-order valence-electron chi connectivity index (χ2n) is 1.10. The normalized spacial score (nSPS) is 10.4. The van der Waals surface area contributed by atoms with Crippen LogP contribution in [0.1, 0.15) is 0 Å². The molecule has 0 aromatic carbocycles. The minimum Gasteiger partial charge on any atom is -0.452 e. The molecule has 6 nitrogen and oxygen atoms in total. The molecule has 7 heteroatoms. The molecule has 0 aliphatic heterocycles. The molecule has 0 bridgehead atoms. The van der Waals surface area contributed by atoms with E-state index in [-0.39, 0.29) is 0 Å². The third-order valence-corrected chi connectivity index (χ3v) is 0.838. The summed E-state index contributed by atoms with van der Waals surface area (Å²) in [6.07, 6.45) is -1.16. The van der Waals surface area contributed by atoms with E-state index in [4.69, 9.17) is 5.14 Å². The number of ether oxygens (including phenoxy) is 1. The van der Waals surface area contributed by atoms with Gasteiger partial charge in [0.05, 0.1) is 7.11 Å². The van der Waals surface area contributed by atoms with Gasteiger partial charge in [-0.05, 0) is 0 Å². The fraction of sp³-hybridized carbons (Fsp3) is 0.500. The molecule has 0 aromatic rings. The number of amides is 1. The van der Waals surface area contributed by atoms with Crippen molar-refractivity contribution in [3.63, 3.8) is 0 Å². The third-order valence-electron chi connectivity index (χ3n) is 0.403. The zero-order chi connectivity index (χ0) is 7.49. The van der Waals surface area contributed by atoms with Crippen LogP contribution in [0.4, 0.5) is 4.79 Å². The van der Waals surface area contributed by atoms with E-state index in [2.05, 4.69) is 4.74 Å². The zero-order valence-corrected chi connectivity index (χ0v) is 5.36. The first kappa shape index (κ1) is 8.18. The van der Waals surface area contributed by atoms with Gasteiger partial charge in [0.2, 0.25) is 0 Å². The summed E-state index contributed by atoms with van der Waals surface area (Å²) in [7, 11) is -3.21. The fourth-order valence-corrected chi connectivity index (χ4v) is 0.454. The molecule has 9 heavy (non-hydrogen) atoms. The van der Waals surface area contributed by atoms with Gasteiger partial charge in [0, 0.05) is 0 Å². The highest BCUT2D eigenvalue weighted by atomic mass is 32.2. The van der Waals surface area contributed by atoms with Crippen LogP contribution in [-0.2, 0) is 14.9 Å². The molecular weight excluding hydrogens is 148 g/mol. The fourth-order valence-electron chi connectivity index (χ4n) is 0.151. The van der Waals surface area contributed by atoms with E-state index in [1.165, 1.54) is 4.72 Å². The summed E-state index contributed by atoms with van der Waals surface area (Å²) in [6, 6.07) is 0. The van der Waals surface area contributed by atoms with Crippen LogP contribution in [0.3, 0.4) is 0 Å². The van der Waals surface area contributed by atoms with Gasteiger partial charge in [-0.1, -0.05) is 0 Å². The molecule has 0 aliphatic rings. The Balaban J connectivity index is 3.91. The highest BCUT2D eigenvalue weighted by Crippen LogP contribution is 1.74. The van der Waals surface area contributed by atoms with Gasteiger partial charge in [-0.2, -0.15) is 8.42 Å². The van der Waals surface area contributed by atoms with Crippen LogP contribution in [0.25, 0.3) is 0 Å². The van der Waals surface area contributed by atoms with Gasteiger partial charge < -0.3 is 4.74 Å². The van der Waals surface area contributed by atoms with Crippen LogP contribution in [-0.4, -0.2) is 21.6 Å². The number of carbonyl (C=O) groups is 1. The van der Waals surface area contributed by atoms with Crippen molar-refractivity contribution in [1.82, 2.24) is 9.86 Å². The van der Waals surface area contributed by atoms with Crippen LogP contribution < -0.4 is 9.86 Å². The Hall–Kier alpha value is -0.820. The largest absolute Gasteiger partial charge is 0.452 e. The molecule has 0 atom stereocenters. The van der Waals surface area contributed by atoms with Crippen molar-refractivity contribution in [1.29, 1.82) is 0 Å².